The van der Waals surface area contributed by atoms with Gasteiger partial charge in [0, 0.05) is 5.69 Å². The molecule has 1 aliphatic heterocycles. The Bertz CT molecular complexity index is 566. The van der Waals surface area contributed by atoms with Crippen molar-refractivity contribution in [3.8, 4) is 0 Å². The highest BCUT2D eigenvalue weighted by Gasteiger charge is 2.36. The number of carbonyl (C=O) groups excluding carboxylic acids is 3. The SMILES string of the molecule is CC1NC(=O)N(CC(=O)Nc2ccc(C(C)C)cc2)C1=O. The van der Waals surface area contributed by atoms with E-state index in [1.807, 2.05) is 24.3 Å². The number of amides is 4. The van der Waals surface area contributed by atoms with Gasteiger partial charge in [0.05, 0.1) is 0 Å². The predicted octanol–water partition coefficient (Wildman–Crippen LogP) is 1.69. The molecule has 112 valence electrons. The zero-order valence-electron chi connectivity index (χ0n) is 12.3. The Morgan fingerprint density at radius 1 is 1.29 bits per heavy atom. The van der Waals surface area contributed by atoms with Crippen LogP contribution in [0.25, 0.3) is 0 Å². The maximum atomic E-state index is 11.9. The molecule has 1 aliphatic rings. The maximum absolute atomic E-state index is 11.9. The van der Waals surface area contributed by atoms with Crippen LogP contribution < -0.4 is 10.6 Å². The van der Waals surface area contributed by atoms with Crippen LogP contribution in [0.3, 0.4) is 0 Å². The highest BCUT2D eigenvalue weighted by atomic mass is 16.2. The van der Waals surface area contributed by atoms with Gasteiger partial charge in [-0.3, -0.25) is 14.5 Å². The molecular weight excluding hydrogens is 270 g/mol. The fourth-order valence-corrected chi connectivity index (χ4v) is 2.10. The molecule has 0 aliphatic carbocycles. The van der Waals surface area contributed by atoms with E-state index >= 15 is 0 Å². The zero-order chi connectivity index (χ0) is 15.6. The smallest absolute Gasteiger partial charge is 0.325 e. The molecule has 1 atom stereocenters. The first kappa shape index (κ1) is 15.0. The van der Waals surface area contributed by atoms with E-state index in [1.54, 1.807) is 6.92 Å². The number of hydrogen-bond acceptors (Lipinski definition) is 3. The van der Waals surface area contributed by atoms with Crippen LogP contribution in [0.5, 0.6) is 0 Å². The molecule has 2 rings (SSSR count). The molecule has 0 saturated carbocycles. The first-order valence-corrected chi connectivity index (χ1v) is 6.90. The summed E-state index contributed by atoms with van der Waals surface area (Å²) in [6.45, 7) is 5.49. The minimum absolute atomic E-state index is 0.277. The third-order valence-electron chi connectivity index (χ3n) is 3.38. The van der Waals surface area contributed by atoms with Crippen LogP contribution in [0.1, 0.15) is 32.3 Å². The Kier molecular flexibility index (Phi) is 4.26. The Balaban J connectivity index is 1.96. The summed E-state index contributed by atoms with van der Waals surface area (Å²) >= 11 is 0. The van der Waals surface area contributed by atoms with E-state index in [2.05, 4.69) is 24.5 Å². The summed E-state index contributed by atoms with van der Waals surface area (Å²) in [4.78, 5) is 36.0. The Hall–Kier alpha value is -2.37. The normalized spacial score (nSPS) is 18.1. The third kappa shape index (κ3) is 3.39. The van der Waals surface area contributed by atoms with Crippen molar-refractivity contribution in [1.29, 1.82) is 0 Å². The van der Waals surface area contributed by atoms with Gasteiger partial charge in [-0.25, -0.2) is 4.79 Å². The summed E-state index contributed by atoms with van der Waals surface area (Å²) in [6.07, 6.45) is 0. The summed E-state index contributed by atoms with van der Waals surface area (Å²) < 4.78 is 0. The minimum atomic E-state index is -0.573. The second-order valence-electron chi connectivity index (χ2n) is 5.42. The fourth-order valence-electron chi connectivity index (χ4n) is 2.10. The lowest BCUT2D eigenvalue weighted by atomic mass is 10.0. The molecule has 0 spiro atoms. The van der Waals surface area contributed by atoms with E-state index in [0.717, 1.165) is 4.90 Å². The molecule has 1 saturated heterocycles. The Morgan fingerprint density at radius 3 is 2.38 bits per heavy atom. The van der Waals surface area contributed by atoms with Gasteiger partial charge in [0.1, 0.15) is 12.6 Å². The predicted molar refractivity (Wildman–Crippen MR) is 78.9 cm³/mol. The minimum Gasteiger partial charge on any atom is -0.326 e. The van der Waals surface area contributed by atoms with Gasteiger partial charge in [-0.05, 0) is 30.5 Å². The standard InChI is InChI=1S/C15H19N3O3/c1-9(2)11-4-6-12(7-5-11)17-13(19)8-18-14(20)10(3)16-15(18)21/h4-7,9-10H,8H2,1-3H3,(H,16,21)(H,17,19). The number of nitrogens with one attached hydrogen (secondary N) is 2. The molecule has 1 aromatic carbocycles. The maximum Gasteiger partial charge on any atom is 0.325 e. The molecule has 6 heteroatoms. The van der Waals surface area contributed by atoms with Gasteiger partial charge in [-0.15, -0.1) is 0 Å². The van der Waals surface area contributed by atoms with Crippen LogP contribution in [-0.2, 0) is 9.59 Å². The number of nitrogens with zero attached hydrogens (tertiary/aromatic N) is 1. The average Bonchev–Trinajstić information content (AvgIpc) is 2.66. The summed E-state index contributed by atoms with van der Waals surface area (Å²) in [6, 6.07) is 6.39. The van der Waals surface area contributed by atoms with Crippen molar-refractivity contribution in [3.05, 3.63) is 29.8 Å². The van der Waals surface area contributed by atoms with Crippen molar-refractivity contribution in [1.82, 2.24) is 10.2 Å². The van der Waals surface area contributed by atoms with Crippen LogP contribution >= 0.6 is 0 Å². The van der Waals surface area contributed by atoms with Crippen LogP contribution in [0.15, 0.2) is 24.3 Å². The molecule has 0 aromatic heterocycles. The van der Waals surface area contributed by atoms with E-state index in [9.17, 15) is 14.4 Å². The summed E-state index contributed by atoms with van der Waals surface area (Å²) in [5, 5.41) is 5.14. The summed E-state index contributed by atoms with van der Waals surface area (Å²) in [5.41, 5.74) is 1.82. The molecule has 1 fully saturated rings. The molecule has 1 unspecified atom stereocenters. The van der Waals surface area contributed by atoms with Crippen molar-refractivity contribution in [2.24, 2.45) is 0 Å². The number of rotatable bonds is 4. The zero-order valence-corrected chi connectivity index (χ0v) is 12.3. The van der Waals surface area contributed by atoms with Crippen molar-refractivity contribution in [2.45, 2.75) is 32.7 Å². The van der Waals surface area contributed by atoms with E-state index < -0.39 is 18.0 Å². The quantitative estimate of drug-likeness (QED) is 0.828. The van der Waals surface area contributed by atoms with Gasteiger partial charge in [0.15, 0.2) is 0 Å². The monoisotopic (exact) mass is 289 g/mol. The van der Waals surface area contributed by atoms with Gasteiger partial charge in [0.2, 0.25) is 5.91 Å². The Labute approximate surface area is 123 Å². The van der Waals surface area contributed by atoms with Gasteiger partial charge in [-0.1, -0.05) is 26.0 Å². The van der Waals surface area contributed by atoms with E-state index in [-0.39, 0.29) is 12.5 Å². The largest absolute Gasteiger partial charge is 0.326 e. The van der Waals surface area contributed by atoms with E-state index in [1.165, 1.54) is 5.56 Å². The molecule has 0 radical (unpaired) electrons. The Morgan fingerprint density at radius 2 is 1.90 bits per heavy atom. The van der Waals surface area contributed by atoms with Crippen molar-refractivity contribution < 1.29 is 14.4 Å². The third-order valence-corrected chi connectivity index (χ3v) is 3.38. The lowest BCUT2D eigenvalue weighted by Crippen LogP contribution is -2.38. The van der Waals surface area contributed by atoms with Crippen molar-refractivity contribution in [3.63, 3.8) is 0 Å². The molecule has 1 heterocycles. The molecular formula is C15H19N3O3. The van der Waals surface area contributed by atoms with Gasteiger partial charge in [-0.2, -0.15) is 0 Å². The second kappa shape index (κ2) is 5.95. The molecule has 4 amide bonds. The number of carbonyl (C=O) groups is 3. The number of anilines is 1. The van der Waals surface area contributed by atoms with Gasteiger partial charge < -0.3 is 10.6 Å². The van der Waals surface area contributed by atoms with Gasteiger partial charge in [0.25, 0.3) is 5.91 Å². The van der Waals surface area contributed by atoms with Crippen LogP contribution in [-0.4, -0.2) is 35.3 Å². The van der Waals surface area contributed by atoms with E-state index in [4.69, 9.17) is 0 Å². The lowest BCUT2D eigenvalue weighted by Gasteiger charge is -2.13. The highest BCUT2D eigenvalue weighted by molar-refractivity contribution is 6.07. The van der Waals surface area contributed by atoms with Crippen LogP contribution in [0, 0.1) is 0 Å². The van der Waals surface area contributed by atoms with Gasteiger partial charge >= 0.3 is 6.03 Å². The molecule has 0 bridgehead atoms. The molecule has 2 N–H and O–H groups in total. The van der Waals surface area contributed by atoms with E-state index in [0.29, 0.717) is 11.6 Å². The summed E-state index contributed by atoms with van der Waals surface area (Å²) in [7, 11) is 0. The van der Waals surface area contributed by atoms with Crippen LogP contribution in [0.2, 0.25) is 0 Å². The summed E-state index contributed by atoms with van der Waals surface area (Å²) in [5.74, 6) is -0.364. The first-order valence-electron chi connectivity index (χ1n) is 6.90. The van der Waals surface area contributed by atoms with Crippen molar-refractivity contribution >= 4 is 23.5 Å². The molecule has 1 aromatic rings. The fraction of sp³-hybridized carbons (Fsp3) is 0.400. The second-order valence-corrected chi connectivity index (χ2v) is 5.42. The average molecular weight is 289 g/mol. The van der Waals surface area contributed by atoms with Crippen molar-refractivity contribution in [2.75, 3.05) is 11.9 Å². The number of imide groups is 1. The molecule has 21 heavy (non-hydrogen) atoms. The highest BCUT2D eigenvalue weighted by Crippen LogP contribution is 2.17. The number of urea groups is 1. The first-order chi connectivity index (χ1) is 9.88. The lowest BCUT2D eigenvalue weighted by molar-refractivity contribution is -0.130. The number of benzene rings is 1. The topological polar surface area (TPSA) is 78.5 Å². The van der Waals surface area contributed by atoms with Crippen LogP contribution in [0.4, 0.5) is 10.5 Å². The number of hydrogen-bond donors (Lipinski definition) is 2. The molecule has 6 nitrogen and oxygen atoms in total.